The minimum absolute atomic E-state index is 0.585. The average Bonchev–Trinajstić information content (AvgIpc) is 2.54. The Labute approximate surface area is 130 Å². The van der Waals surface area contributed by atoms with Crippen LogP contribution in [0.25, 0.3) is 0 Å². The third-order valence-corrected chi connectivity index (χ3v) is 5.33. The lowest BCUT2D eigenvalue weighted by atomic mass is 9.93. The molecule has 0 saturated carbocycles. The van der Waals surface area contributed by atoms with Gasteiger partial charge in [-0.25, -0.2) is 0 Å². The predicted octanol–water partition coefficient (Wildman–Crippen LogP) is 3.72. The number of nitrogens with zero attached hydrogens (tertiary/aromatic N) is 1. The molecule has 2 rings (SSSR count). The van der Waals surface area contributed by atoms with Gasteiger partial charge in [-0.2, -0.15) is 0 Å². The zero-order valence-electron chi connectivity index (χ0n) is 14.2. The molecule has 1 heterocycles. The third kappa shape index (κ3) is 4.31. The van der Waals surface area contributed by atoms with Crippen molar-refractivity contribution in [2.24, 2.45) is 5.92 Å². The van der Waals surface area contributed by atoms with Gasteiger partial charge in [0.15, 0.2) is 0 Å². The van der Waals surface area contributed by atoms with E-state index in [-0.39, 0.29) is 0 Å². The topological polar surface area (TPSA) is 15.3 Å². The quantitative estimate of drug-likeness (QED) is 0.858. The Kier molecular flexibility index (Phi) is 6.25. The summed E-state index contributed by atoms with van der Waals surface area (Å²) in [5.41, 5.74) is 1.45. The second-order valence-corrected chi connectivity index (χ2v) is 6.68. The number of benzene rings is 1. The van der Waals surface area contributed by atoms with E-state index in [2.05, 4.69) is 68.2 Å². The van der Waals surface area contributed by atoms with Crippen molar-refractivity contribution in [2.75, 3.05) is 13.1 Å². The van der Waals surface area contributed by atoms with Crippen molar-refractivity contribution < 1.29 is 0 Å². The first-order valence-electron chi connectivity index (χ1n) is 8.68. The van der Waals surface area contributed by atoms with Crippen molar-refractivity contribution in [3.05, 3.63) is 35.9 Å². The summed E-state index contributed by atoms with van der Waals surface area (Å²) in [5.74, 6) is 0.773. The van der Waals surface area contributed by atoms with Crippen molar-refractivity contribution in [1.29, 1.82) is 0 Å². The second kappa shape index (κ2) is 7.95. The molecule has 2 nitrogen and oxygen atoms in total. The summed E-state index contributed by atoms with van der Waals surface area (Å²) in [4.78, 5) is 2.76. The van der Waals surface area contributed by atoms with Gasteiger partial charge in [0, 0.05) is 31.2 Å². The second-order valence-electron chi connectivity index (χ2n) is 6.68. The van der Waals surface area contributed by atoms with Crippen LogP contribution in [0.2, 0.25) is 0 Å². The maximum absolute atomic E-state index is 3.77. The number of hydrogen-bond donors (Lipinski definition) is 1. The monoisotopic (exact) mass is 288 g/mol. The number of piperazine rings is 1. The lowest BCUT2D eigenvalue weighted by molar-refractivity contribution is 0.0603. The highest BCUT2D eigenvalue weighted by molar-refractivity contribution is 5.16. The summed E-state index contributed by atoms with van der Waals surface area (Å²) in [6.07, 6.45) is 3.65. The first kappa shape index (κ1) is 16.5. The highest BCUT2D eigenvalue weighted by atomic mass is 15.3. The van der Waals surface area contributed by atoms with Crippen LogP contribution in [0.5, 0.6) is 0 Å². The maximum atomic E-state index is 3.77. The fourth-order valence-electron chi connectivity index (χ4n) is 3.47. The molecule has 0 radical (unpaired) electrons. The highest BCUT2D eigenvalue weighted by Gasteiger charge is 2.31. The maximum Gasteiger partial charge on any atom is 0.0236 e. The van der Waals surface area contributed by atoms with Gasteiger partial charge in [0.2, 0.25) is 0 Å². The molecule has 1 fully saturated rings. The van der Waals surface area contributed by atoms with Crippen LogP contribution in [0.3, 0.4) is 0 Å². The van der Waals surface area contributed by atoms with Crippen LogP contribution >= 0.6 is 0 Å². The van der Waals surface area contributed by atoms with Crippen LogP contribution in [0.1, 0.15) is 46.1 Å². The lowest BCUT2D eigenvalue weighted by Gasteiger charge is -2.45. The van der Waals surface area contributed by atoms with E-state index in [0.29, 0.717) is 18.1 Å². The first-order chi connectivity index (χ1) is 10.2. The average molecular weight is 288 g/mol. The molecule has 0 aliphatic carbocycles. The minimum atomic E-state index is 0.585. The van der Waals surface area contributed by atoms with Gasteiger partial charge in [0.1, 0.15) is 0 Å². The van der Waals surface area contributed by atoms with E-state index in [1.807, 2.05) is 0 Å². The largest absolute Gasteiger partial charge is 0.311 e. The van der Waals surface area contributed by atoms with Gasteiger partial charge in [-0.3, -0.25) is 4.90 Å². The fraction of sp³-hybridized carbons (Fsp3) is 0.684. The standard InChI is InChI=1S/C19H32N2/c1-5-15(3)16(4)21-14-18(20-13-19(21)6-2)12-17-10-8-7-9-11-17/h7-11,15-16,18-20H,5-6,12-14H2,1-4H3. The van der Waals surface area contributed by atoms with Crippen molar-refractivity contribution in [2.45, 2.75) is 65.1 Å². The molecule has 0 spiro atoms. The van der Waals surface area contributed by atoms with Crippen molar-refractivity contribution >= 4 is 0 Å². The number of rotatable bonds is 6. The Bertz CT molecular complexity index is 403. The third-order valence-electron chi connectivity index (χ3n) is 5.33. The minimum Gasteiger partial charge on any atom is -0.311 e. The van der Waals surface area contributed by atoms with Crippen molar-refractivity contribution in [3.63, 3.8) is 0 Å². The lowest BCUT2D eigenvalue weighted by Crippen LogP contribution is -2.60. The van der Waals surface area contributed by atoms with Gasteiger partial charge in [-0.05, 0) is 31.2 Å². The van der Waals surface area contributed by atoms with Crippen LogP contribution in [-0.2, 0) is 6.42 Å². The smallest absolute Gasteiger partial charge is 0.0236 e. The zero-order chi connectivity index (χ0) is 15.2. The summed E-state index contributed by atoms with van der Waals surface area (Å²) in [7, 11) is 0. The van der Waals surface area contributed by atoms with Gasteiger partial charge >= 0.3 is 0 Å². The molecule has 1 aromatic carbocycles. The van der Waals surface area contributed by atoms with Gasteiger partial charge in [0.05, 0.1) is 0 Å². The molecule has 1 N–H and O–H groups in total. The molecule has 21 heavy (non-hydrogen) atoms. The van der Waals surface area contributed by atoms with Crippen LogP contribution in [0.4, 0.5) is 0 Å². The highest BCUT2D eigenvalue weighted by Crippen LogP contribution is 2.22. The summed E-state index contributed by atoms with van der Waals surface area (Å²) in [6.45, 7) is 11.8. The summed E-state index contributed by atoms with van der Waals surface area (Å²) in [5, 5.41) is 3.77. The van der Waals surface area contributed by atoms with Crippen LogP contribution in [-0.4, -0.2) is 36.1 Å². The van der Waals surface area contributed by atoms with Gasteiger partial charge < -0.3 is 5.32 Å². The van der Waals surface area contributed by atoms with E-state index in [1.54, 1.807) is 0 Å². The molecule has 0 aromatic heterocycles. The molecule has 1 aliphatic heterocycles. The summed E-state index contributed by atoms with van der Waals surface area (Å²) in [6, 6.07) is 12.8. The van der Waals surface area contributed by atoms with Crippen LogP contribution < -0.4 is 5.32 Å². The van der Waals surface area contributed by atoms with E-state index >= 15 is 0 Å². The Morgan fingerprint density at radius 2 is 1.90 bits per heavy atom. The van der Waals surface area contributed by atoms with Crippen LogP contribution in [0.15, 0.2) is 30.3 Å². The van der Waals surface area contributed by atoms with Crippen molar-refractivity contribution in [3.8, 4) is 0 Å². The molecular formula is C19H32N2. The molecule has 2 heteroatoms. The Hall–Kier alpha value is -0.860. The molecule has 1 saturated heterocycles. The van der Waals surface area contributed by atoms with Crippen LogP contribution in [0, 0.1) is 5.92 Å². The van der Waals surface area contributed by atoms with E-state index in [4.69, 9.17) is 0 Å². The number of hydrogen-bond acceptors (Lipinski definition) is 2. The molecular weight excluding hydrogens is 256 g/mol. The molecule has 1 aliphatic rings. The Balaban J connectivity index is 2.01. The SMILES string of the molecule is CCC(C)C(C)N1CC(Cc2ccccc2)NCC1CC. The van der Waals surface area contributed by atoms with Gasteiger partial charge in [-0.15, -0.1) is 0 Å². The summed E-state index contributed by atoms with van der Waals surface area (Å²) >= 11 is 0. The number of nitrogens with one attached hydrogen (secondary N) is 1. The fourth-order valence-corrected chi connectivity index (χ4v) is 3.47. The Morgan fingerprint density at radius 1 is 1.19 bits per heavy atom. The molecule has 4 unspecified atom stereocenters. The van der Waals surface area contributed by atoms with Crippen molar-refractivity contribution in [1.82, 2.24) is 10.2 Å². The Morgan fingerprint density at radius 3 is 2.52 bits per heavy atom. The molecule has 1 aromatic rings. The first-order valence-corrected chi connectivity index (χ1v) is 8.68. The summed E-state index contributed by atoms with van der Waals surface area (Å²) < 4.78 is 0. The predicted molar refractivity (Wildman–Crippen MR) is 91.6 cm³/mol. The van der Waals surface area contributed by atoms with E-state index in [0.717, 1.165) is 18.9 Å². The van der Waals surface area contributed by atoms with Gasteiger partial charge in [0.25, 0.3) is 0 Å². The molecule has 4 atom stereocenters. The zero-order valence-corrected chi connectivity index (χ0v) is 14.2. The van der Waals surface area contributed by atoms with E-state index in [1.165, 1.54) is 24.9 Å². The van der Waals surface area contributed by atoms with Gasteiger partial charge in [-0.1, -0.05) is 57.5 Å². The normalized spacial score (nSPS) is 26.5. The molecule has 0 bridgehead atoms. The van der Waals surface area contributed by atoms with E-state index in [9.17, 15) is 0 Å². The molecule has 0 amide bonds. The van der Waals surface area contributed by atoms with E-state index < -0.39 is 0 Å². The molecule has 118 valence electrons.